The van der Waals surface area contributed by atoms with Gasteiger partial charge in [0.2, 0.25) is 5.91 Å². The van der Waals surface area contributed by atoms with Gasteiger partial charge in [-0.05, 0) is 56.2 Å². The molecule has 1 aromatic rings. The van der Waals surface area contributed by atoms with Gasteiger partial charge in [0.1, 0.15) is 12.2 Å². The number of rotatable bonds is 7. The lowest BCUT2D eigenvalue weighted by molar-refractivity contribution is -0.131. The third-order valence-corrected chi connectivity index (χ3v) is 6.78. The van der Waals surface area contributed by atoms with Crippen LogP contribution in [0.3, 0.4) is 0 Å². The summed E-state index contributed by atoms with van der Waals surface area (Å²) in [6.07, 6.45) is 5.17. The van der Waals surface area contributed by atoms with Crippen LogP contribution in [0.1, 0.15) is 43.2 Å². The lowest BCUT2D eigenvalue weighted by atomic mass is 9.78. The predicted octanol–water partition coefficient (Wildman–Crippen LogP) is 2.69. The topological polar surface area (TPSA) is 82.6 Å². The molecule has 1 saturated carbocycles. The first kappa shape index (κ1) is 21.6. The zero-order valence-electron chi connectivity index (χ0n) is 17.8. The number of aryl methyl sites for hydroxylation is 1. The number of benzene rings is 1. The van der Waals surface area contributed by atoms with Crippen molar-refractivity contribution in [2.24, 2.45) is 17.6 Å². The minimum Gasteiger partial charge on any atom is -0.371 e. The average Bonchev–Trinajstić information content (AvgIpc) is 2.73. The molecule has 0 bridgehead atoms. The Morgan fingerprint density at radius 3 is 2.52 bits per heavy atom. The fourth-order valence-electron chi connectivity index (χ4n) is 4.96. The molecule has 2 N–H and O–H groups in total. The summed E-state index contributed by atoms with van der Waals surface area (Å²) >= 11 is 0. The number of anilines is 1. The normalized spacial score (nSPS) is 24.1. The molecular formula is C23H34N4O2. The van der Waals surface area contributed by atoms with E-state index < -0.39 is 6.10 Å². The molecule has 1 aliphatic heterocycles. The highest BCUT2D eigenvalue weighted by atomic mass is 16.5. The summed E-state index contributed by atoms with van der Waals surface area (Å²) in [5, 5.41) is 9.49. The molecule has 6 heteroatoms. The van der Waals surface area contributed by atoms with E-state index in [1.54, 1.807) is 7.11 Å². The number of nitrogens with two attached hydrogens (primary N) is 1. The van der Waals surface area contributed by atoms with Gasteiger partial charge in [-0.3, -0.25) is 9.69 Å². The van der Waals surface area contributed by atoms with E-state index in [1.807, 2.05) is 19.1 Å². The maximum absolute atomic E-state index is 11.5. The van der Waals surface area contributed by atoms with Gasteiger partial charge in [0, 0.05) is 33.3 Å². The van der Waals surface area contributed by atoms with E-state index in [0.29, 0.717) is 0 Å². The van der Waals surface area contributed by atoms with Crippen LogP contribution in [0.25, 0.3) is 0 Å². The first-order chi connectivity index (χ1) is 14.0. The zero-order valence-corrected chi connectivity index (χ0v) is 17.8. The first-order valence-electron chi connectivity index (χ1n) is 10.8. The van der Waals surface area contributed by atoms with E-state index in [2.05, 4.69) is 21.9 Å². The van der Waals surface area contributed by atoms with Crippen LogP contribution in [0.5, 0.6) is 0 Å². The third-order valence-electron chi connectivity index (χ3n) is 6.78. The Morgan fingerprint density at radius 2 is 1.93 bits per heavy atom. The van der Waals surface area contributed by atoms with Gasteiger partial charge in [0.15, 0.2) is 0 Å². The number of primary amides is 1. The fraction of sp³-hybridized carbons (Fsp3) is 0.652. The maximum Gasteiger partial charge on any atom is 0.246 e. The van der Waals surface area contributed by atoms with Crippen LogP contribution in [-0.4, -0.2) is 56.7 Å². The van der Waals surface area contributed by atoms with E-state index in [-0.39, 0.29) is 11.8 Å². The molecule has 2 aliphatic rings. The van der Waals surface area contributed by atoms with Crippen molar-refractivity contribution in [3.8, 4) is 6.07 Å². The molecule has 158 valence electrons. The Morgan fingerprint density at radius 1 is 1.24 bits per heavy atom. The van der Waals surface area contributed by atoms with E-state index in [4.69, 9.17) is 10.5 Å². The van der Waals surface area contributed by atoms with Crippen molar-refractivity contribution < 1.29 is 9.53 Å². The number of hydrogen-bond acceptors (Lipinski definition) is 5. The smallest absolute Gasteiger partial charge is 0.246 e. The average molecular weight is 399 g/mol. The number of ether oxygens (including phenoxy) is 1. The molecule has 2 fully saturated rings. The molecule has 0 spiro atoms. The van der Waals surface area contributed by atoms with Crippen molar-refractivity contribution in [2.45, 2.75) is 45.1 Å². The van der Waals surface area contributed by atoms with E-state index in [1.165, 1.54) is 6.42 Å². The molecular weight excluding hydrogens is 364 g/mol. The van der Waals surface area contributed by atoms with Crippen molar-refractivity contribution in [3.63, 3.8) is 0 Å². The molecule has 1 atom stereocenters. The molecule has 1 unspecified atom stereocenters. The van der Waals surface area contributed by atoms with Crippen molar-refractivity contribution >= 4 is 11.6 Å². The molecule has 1 saturated heterocycles. The van der Waals surface area contributed by atoms with Crippen LogP contribution >= 0.6 is 0 Å². The SMILES string of the molecule is COC(C(N)=O)C1CCC(CCN2CCN(c3cccc(C)c3C#N)CC2)CC1. The number of carbonyl (C=O) groups excluding carboxylic acids is 1. The second-order valence-electron chi connectivity index (χ2n) is 8.54. The van der Waals surface area contributed by atoms with E-state index >= 15 is 0 Å². The number of piperazine rings is 1. The van der Waals surface area contributed by atoms with Gasteiger partial charge in [-0.15, -0.1) is 0 Å². The minimum atomic E-state index is -0.427. The molecule has 0 radical (unpaired) electrons. The molecule has 1 aromatic carbocycles. The Hall–Kier alpha value is -2.10. The fourth-order valence-corrected chi connectivity index (χ4v) is 4.96. The lowest BCUT2D eigenvalue weighted by Crippen LogP contribution is -2.47. The van der Waals surface area contributed by atoms with Crippen LogP contribution in [0.15, 0.2) is 18.2 Å². The zero-order chi connectivity index (χ0) is 20.8. The van der Waals surface area contributed by atoms with Gasteiger partial charge >= 0.3 is 0 Å². The number of nitrogens with zero attached hydrogens (tertiary/aromatic N) is 3. The first-order valence-corrected chi connectivity index (χ1v) is 10.8. The standard InChI is InChI=1S/C23H34N4O2/c1-17-4-3-5-21(20(17)16-24)27-14-12-26(13-15-27)11-10-18-6-8-19(9-7-18)22(29-2)23(25)28/h3-5,18-19,22H,6-15H2,1-2H3,(H2,25,28). The van der Waals surface area contributed by atoms with Crippen LogP contribution in [0.2, 0.25) is 0 Å². The van der Waals surface area contributed by atoms with Crippen molar-refractivity contribution in [2.75, 3.05) is 44.7 Å². The second-order valence-corrected chi connectivity index (χ2v) is 8.54. The minimum absolute atomic E-state index is 0.279. The van der Waals surface area contributed by atoms with Gasteiger partial charge in [-0.1, -0.05) is 25.0 Å². The number of amides is 1. The summed E-state index contributed by atoms with van der Waals surface area (Å²) in [4.78, 5) is 16.4. The monoisotopic (exact) mass is 398 g/mol. The van der Waals surface area contributed by atoms with Gasteiger partial charge < -0.3 is 15.4 Å². The molecule has 3 rings (SSSR count). The maximum atomic E-state index is 11.5. The highest BCUT2D eigenvalue weighted by Crippen LogP contribution is 2.33. The van der Waals surface area contributed by atoms with Gasteiger partial charge in [0.05, 0.1) is 11.3 Å². The third kappa shape index (κ3) is 5.29. The summed E-state index contributed by atoms with van der Waals surface area (Å²) in [7, 11) is 1.58. The lowest BCUT2D eigenvalue weighted by Gasteiger charge is -2.38. The Labute approximate surface area is 174 Å². The van der Waals surface area contributed by atoms with Crippen LogP contribution in [0, 0.1) is 30.1 Å². The number of methoxy groups -OCH3 is 1. The molecule has 1 amide bonds. The van der Waals surface area contributed by atoms with Crippen LogP contribution in [-0.2, 0) is 9.53 Å². The Kier molecular flexibility index (Phi) is 7.51. The molecule has 1 aliphatic carbocycles. The molecule has 0 aromatic heterocycles. The van der Waals surface area contributed by atoms with Gasteiger partial charge in [-0.25, -0.2) is 0 Å². The number of carbonyl (C=O) groups is 1. The highest BCUT2D eigenvalue weighted by Gasteiger charge is 2.31. The van der Waals surface area contributed by atoms with E-state index in [0.717, 1.165) is 81.1 Å². The number of hydrogen-bond donors (Lipinski definition) is 1. The Bertz CT molecular complexity index is 729. The van der Waals surface area contributed by atoms with Gasteiger partial charge in [-0.2, -0.15) is 5.26 Å². The summed E-state index contributed by atoms with van der Waals surface area (Å²) in [6.45, 7) is 7.16. The number of nitriles is 1. The van der Waals surface area contributed by atoms with Crippen molar-refractivity contribution in [1.29, 1.82) is 5.26 Å². The van der Waals surface area contributed by atoms with E-state index in [9.17, 15) is 10.1 Å². The Balaban J connectivity index is 1.42. The second kappa shape index (κ2) is 10.1. The molecule has 6 nitrogen and oxygen atoms in total. The van der Waals surface area contributed by atoms with Crippen molar-refractivity contribution in [3.05, 3.63) is 29.3 Å². The summed E-state index contributed by atoms with van der Waals surface area (Å²) in [5.74, 6) is 0.680. The van der Waals surface area contributed by atoms with Crippen molar-refractivity contribution in [1.82, 2.24) is 4.90 Å². The molecule has 1 heterocycles. The van der Waals surface area contributed by atoms with Crippen LogP contribution in [0.4, 0.5) is 5.69 Å². The molecule has 29 heavy (non-hydrogen) atoms. The largest absolute Gasteiger partial charge is 0.371 e. The predicted molar refractivity (Wildman–Crippen MR) is 115 cm³/mol. The van der Waals surface area contributed by atoms with Crippen LogP contribution < -0.4 is 10.6 Å². The quantitative estimate of drug-likeness (QED) is 0.764. The van der Waals surface area contributed by atoms with Gasteiger partial charge in [0.25, 0.3) is 0 Å². The highest BCUT2D eigenvalue weighted by molar-refractivity contribution is 5.79. The summed E-state index contributed by atoms with van der Waals surface area (Å²) in [6, 6.07) is 8.49. The summed E-state index contributed by atoms with van der Waals surface area (Å²) in [5.41, 5.74) is 8.39. The summed E-state index contributed by atoms with van der Waals surface area (Å²) < 4.78 is 5.30.